The Bertz CT molecular complexity index is 952. The molecule has 0 atom stereocenters. The standard InChI is InChI=1S/C19H21N3O/c1-12-6-7-14-15-17(13(2)8-9-20-15)23-18(14)16(12)22-11-10-21(5)19(22,3)4/h6-11H,1-5H3. The van der Waals surface area contributed by atoms with Gasteiger partial charge in [-0.25, -0.2) is 0 Å². The first-order valence-electron chi connectivity index (χ1n) is 7.89. The van der Waals surface area contributed by atoms with Crippen LogP contribution in [0.3, 0.4) is 0 Å². The number of fused-ring (bicyclic) bond motifs is 3. The number of pyridine rings is 1. The van der Waals surface area contributed by atoms with Crippen LogP contribution in [-0.4, -0.2) is 22.6 Å². The van der Waals surface area contributed by atoms with Gasteiger partial charge in [0.25, 0.3) is 0 Å². The SMILES string of the molecule is Cc1ccc2c(oc3c(C)ccnc32)c1N1C=CN(C)C1(C)C. The average Bonchev–Trinajstić information content (AvgIpc) is 3.00. The van der Waals surface area contributed by atoms with Gasteiger partial charge in [0, 0.05) is 31.0 Å². The summed E-state index contributed by atoms with van der Waals surface area (Å²) in [7, 11) is 2.09. The molecule has 4 heteroatoms. The second-order valence-electron chi connectivity index (χ2n) is 6.79. The van der Waals surface area contributed by atoms with Crippen molar-refractivity contribution in [2.24, 2.45) is 0 Å². The van der Waals surface area contributed by atoms with E-state index in [1.807, 2.05) is 12.3 Å². The van der Waals surface area contributed by atoms with Gasteiger partial charge in [-0.05, 0) is 51.0 Å². The second-order valence-corrected chi connectivity index (χ2v) is 6.79. The maximum atomic E-state index is 6.28. The third kappa shape index (κ3) is 1.81. The predicted octanol–water partition coefficient (Wildman–Crippen LogP) is 4.56. The van der Waals surface area contributed by atoms with Crippen LogP contribution in [0.2, 0.25) is 0 Å². The topological polar surface area (TPSA) is 32.5 Å². The van der Waals surface area contributed by atoms with Crippen LogP contribution in [0, 0.1) is 13.8 Å². The summed E-state index contributed by atoms with van der Waals surface area (Å²) < 4.78 is 6.28. The number of hydrogen-bond acceptors (Lipinski definition) is 4. The van der Waals surface area contributed by atoms with Crippen LogP contribution < -0.4 is 4.90 Å². The molecule has 0 radical (unpaired) electrons. The van der Waals surface area contributed by atoms with E-state index < -0.39 is 0 Å². The average molecular weight is 307 g/mol. The fourth-order valence-electron chi connectivity index (χ4n) is 3.28. The summed E-state index contributed by atoms with van der Waals surface area (Å²) in [4.78, 5) is 9.02. The van der Waals surface area contributed by atoms with E-state index in [1.54, 1.807) is 0 Å². The molecule has 4 rings (SSSR count). The van der Waals surface area contributed by atoms with Crippen LogP contribution in [0.1, 0.15) is 25.0 Å². The lowest BCUT2D eigenvalue weighted by molar-refractivity contribution is 0.253. The summed E-state index contributed by atoms with van der Waals surface area (Å²) in [5.41, 5.74) is 6.02. The molecule has 0 unspecified atom stereocenters. The van der Waals surface area contributed by atoms with E-state index in [9.17, 15) is 0 Å². The van der Waals surface area contributed by atoms with Crippen LogP contribution in [0.5, 0.6) is 0 Å². The number of nitrogens with zero attached hydrogens (tertiary/aromatic N) is 3. The lowest BCUT2D eigenvalue weighted by atomic mass is 10.1. The highest BCUT2D eigenvalue weighted by atomic mass is 16.3. The molecular formula is C19H21N3O. The molecule has 2 aromatic heterocycles. The van der Waals surface area contributed by atoms with Gasteiger partial charge in [-0.2, -0.15) is 0 Å². The minimum atomic E-state index is -0.138. The van der Waals surface area contributed by atoms with E-state index in [0.717, 1.165) is 33.3 Å². The summed E-state index contributed by atoms with van der Waals surface area (Å²) in [5, 5.41) is 1.07. The number of rotatable bonds is 1. The van der Waals surface area contributed by atoms with Crippen LogP contribution in [0.15, 0.2) is 41.2 Å². The molecule has 3 aromatic rings. The molecule has 0 spiro atoms. The van der Waals surface area contributed by atoms with Crippen LogP contribution in [-0.2, 0) is 0 Å². The predicted molar refractivity (Wildman–Crippen MR) is 94.5 cm³/mol. The molecule has 0 bridgehead atoms. The zero-order chi connectivity index (χ0) is 16.4. The first-order valence-corrected chi connectivity index (χ1v) is 7.89. The van der Waals surface area contributed by atoms with E-state index in [0.29, 0.717) is 0 Å². The zero-order valence-corrected chi connectivity index (χ0v) is 14.2. The van der Waals surface area contributed by atoms with E-state index in [1.165, 1.54) is 5.56 Å². The number of furan rings is 1. The molecule has 0 N–H and O–H groups in total. The quantitative estimate of drug-likeness (QED) is 0.660. The Morgan fingerprint density at radius 1 is 1.00 bits per heavy atom. The molecule has 1 aromatic carbocycles. The molecule has 0 saturated carbocycles. The minimum Gasteiger partial charge on any atom is -0.452 e. The third-order valence-corrected chi connectivity index (χ3v) is 5.03. The first-order chi connectivity index (χ1) is 10.9. The van der Waals surface area contributed by atoms with Crippen LogP contribution in [0.25, 0.3) is 22.1 Å². The van der Waals surface area contributed by atoms with E-state index in [4.69, 9.17) is 4.42 Å². The zero-order valence-electron chi connectivity index (χ0n) is 14.2. The van der Waals surface area contributed by atoms with Gasteiger partial charge in [0.15, 0.2) is 11.2 Å². The molecule has 23 heavy (non-hydrogen) atoms. The highest BCUT2D eigenvalue weighted by Crippen LogP contribution is 2.41. The lowest BCUT2D eigenvalue weighted by Gasteiger charge is -2.38. The third-order valence-electron chi connectivity index (χ3n) is 5.03. The molecule has 0 aliphatic carbocycles. The van der Waals surface area contributed by atoms with Gasteiger partial charge < -0.3 is 14.2 Å². The Labute approximate surface area is 136 Å². The van der Waals surface area contributed by atoms with E-state index in [2.05, 4.69) is 74.1 Å². The maximum Gasteiger partial charge on any atom is 0.161 e. The number of aromatic nitrogens is 1. The number of hydrogen-bond donors (Lipinski definition) is 0. The molecule has 1 aliphatic heterocycles. The summed E-state index contributed by atoms with van der Waals surface area (Å²) >= 11 is 0. The van der Waals surface area contributed by atoms with Crippen molar-refractivity contribution in [2.75, 3.05) is 11.9 Å². The van der Waals surface area contributed by atoms with E-state index in [-0.39, 0.29) is 5.66 Å². The van der Waals surface area contributed by atoms with Crippen molar-refractivity contribution in [2.45, 2.75) is 33.4 Å². The van der Waals surface area contributed by atoms with Crippen molar-refractivity contribution in [3.63, 3.8) is 0 Å². The number of anilines is 1. The highest BCUT2D eigenvalue weighted by molar-refractivity contribution is 6.08. The second kappa shape index (κ2) is 4.51. The normalized spacial score (nSPS) is 16.9. The fraction of sp³-hybridized carbons (Fsp3) is 0.316. The van der Waals surface area contributed by atoms with Crippen LogP contribution in [0.4, 0.5) is 5.69 Å². The van der Waals surface area contributed by atoms with Gasteiger partial charge in [0.2, 0.25) is 0 Å². The summed E-state index contributed by atoms with van der Waals surface area (Å²) in [5.74, 6) is 0. The van der Waals surface area contributed by atoms with Gasteiger partial charge in [0.05, 0.1) is 5.69 Å². The molecular weight excluding hydrogens is 286 g/mol. The highest BCUT2D eigenvalue weighted by Gasteiger charge is 2.35. The van der Waals surface area contributed by atoms with Crippen LogP contribution >= 0.6 is 0 Å². The van der Waals surface area contributed by atoms with E-state index >= 15 is 0 Å². The molecule has 0 amide bonds. The molecule has 0 fully saturated rings. The fourth-order valence-corrected chi connectivity index (χ4v) is 3.28. The van der Waals surface area contributed by atoms with Gasteiger partial charge in [-0.1, -0.05) is 6.07 Å². The molecule has 118 valence electrons. The smallest absolute Gasteiger partial charge is 0.161 e. The Kier molecular flexibility index (Phi) is 2.77. The van der Waals surface area contributed by atoms with Gasteiger partial charge in [-0.3, -0.25) is 4.98 Å². The monoisotopic (exact) mass is 307 g/mol. The maximum absolute atomic E-state index is 6.28. The van der Waals surface area contributed by atoms with Crippen molar-refractivity contribution in [3.8, 4) is 0 Å². The Morgan fingerprint density at radius 2 is 1.78 bits per heavy atom. The minimum absolute atomic E-state index is 0.138. The molecule has 0 saturated heterocycles. The Balaban J connectivity index is 2.07. The van der Waals surface area contributed by atoms with Gasteiger partial charge in [0.1, 0.15) is 11.2 Å². The number of aryl methyl sites for hydroxylation is 2. The van der Waals surface area contributed by atoms with Crippen molar-refractivity contribution >= 4 is 27.8 Å². The molecule has 1 aliphatic rings. The number of benzene rings is 1. The summed E-state index contributed by atoms with van der Waals surface area (Å²) in [6, 6.07) is 6.26. The molecule has 4 nitrogen and oxygen atoms in total. The Morgan fingerprint density at radius 3 is 2.48 bits per heavy atom. The van der Waals surface area contributed by atoms with Crippen molar-refractivity contribution in [1.82, 2.24) is 9.88 Å². The van der Waals surface area contributed by atoms with Gasteiger partial charge in [-0.15, -0.1) is 0 Å². The van der Waals surface area contributed by atoms with Crippen molar-refractivity contribution < 1.29 is 4.42 Å². The molecule has 3 heterocycles. The van der Waals surface area contributed by atoms with Crippen molar-refractivity contribution in [3.05, 3.63) is 47.9 Å². The largest absolute Gasteiger partial charge is 0.452 e. The summed E-state index contributed by atoms with van der Waals surface area (Å²) in [6.07, 6.45) is 6.07. The van der Waals surface area contributed by atoms with Gasteiger partial charge >= 0.3 is 0 Å². The first kappa shape index (κ1) is 14.1. The summed E-state index contributed by atoms with van der Waals surface area (Å²) in [6.45, 7) is 8.60. The Hall–Kier alpha value is -2.49. The lowest BCUT2D eigenvalue weighted by Crippen LogP contribution is -2.46. The van der Waals surface area contributed by atoms with Crippen molar-refractivity contribution in [1.29, 1.82) is 0 Å².